The molecule has 2 aromatic heterocycles. The highest BCUT2D eigenvalue weighted by Crippen LogP contribution is 2.29. The zero-order valence-corrected chi connectivity index (χ0v) is 20.0. The molecule has 4 rings (SSSR count). The van der Waals surface area contributed by atoms with E-state index in [1.165, 1.54) is 16.6 Å². The van der Waals surface area contributed by atoms with Crippen LogP contribution in [0.25, 0.3) is 22.2 Å². The van der Waals surface area contributed by atoms with Crippen molar-refractivity contribution in [3.63, 3.8) is 0 Å². The second kappa shape index (κ2) is 9.35. The summed E-state index contributed by atoms with van der Waals surface area (Å²) >= 11 is 10.5. The molecule has 0 radical (unpaired) electrons. The normalized spacial score (nSPS) is 11.2. The van der Waals surface area contributed by atoms with Crippen molar-refractivity contribution >= 4 is 46.1 Å². The lowest BCUT2D eigenvalue weighted by Gasteiger charge is -2.12. The van der Waals surface area contributed by atoms with Crippen molar-refractivity contribution in [3.8, 4) is 11.3 Å². The van der Waals surface area contributed by atoms with Gasteiger partial charge >= 0.3 is 0 Å². The zero-order chi connectivity index (χ0) is 22.8. The molecule has 164 valence electrons. The number of benzene rings is 2. The monoisotopic (exact) mass is 464 g/mol. The number of hydrogen-bond donors (Lipinski definition) is 2. The Balaban J connectivity index is 1.53. The van der Waals surface area contributed by atoms with Crippen molar-refractivity contribution in [2.24, 2.45) is 0 Å². The Kier molecular flexibility index (Phi) is 6.53. The molecule has 0 aliphatic carbocycles. The number of aromatic nitrogens is 3. The second-order valence-corrected chi connectivity index (χ2v) is 8.62. The number of thiol groups is 1. The Hall–Kier alpha value is -2.83. The van der Waals surface area contributed by atoms with Crippen LogP contribution in [0.3, 0.4) is 0 Å². The maximum Gasteiger partial charge on any atom is 0.216 e. The van der Waals surface area contributed by atoms with Crippen LogP contribution in [0.15, 0.2) is 48.8 Å². The van der Waals surface area contributed by atoms with E-state index in [0.717, 1.165) is 46.1 Å². The highest BCUT2D eigenvalue weighted by atomic mass is 35.5. The zero-order valence-electron chi connectivity index (χ0n) is 18.3. The van der Waals surface area contributed by atoms with Gasteiger partial charge in [0, 0.05) is 41.4 Å². The van der Waals surface area contributed by atoms with Crippen molar-refractivity contribution < 1.29 is 4.79 Å². The lowest BCUT2D eigenvalue weighted by molar-refractivity contribution is 0.109. The minimum absolute atomic E-state index is 0.221. The molecule has 0 spiro atoms. The van der Waals surface area contributed by atoms with Crippen molar-refractivity contribution in [3.05, 3.63) is 76.2 Å². The summed E-state index contributed by atoms with van der Waals surface area (Å²) in [6.07, 6.45) is 2.30. The van der Waals surface area contributed by atoms with Gasteiger partial charge in [-0.25, -0.2) is 9.97 Å². The summed E-state index contributed by atoms with van der Waals surface area (Å²) in [7, 11) is 0. The fourth-order valence-corrected chi connectivity index (χ4v) is 4.54. The van der Waals surface area contributed by atoms with E-state index in [1.54, 1.807) is 6.33 Å². The Labute approximate surface area is 198 Å². The summed E-state index contributed by atoms with van der Waals surface area (Å²) in [4.78, 5) is 20.5. The molecule has 5 nitrogen and oxygen atoms in total. The molecule has 0 saturated carbocycles. The number of anilines is 1. The van der Waals surface area contributed by atoms with E-state index in [-0.39, 0.29) is 5.12 Å². The molecule has 2 aromatic carbocycles. The summed E-state index contributed by atoms with van der Waals surface area (Å²) in [5, 5.41) is 5.13. The molecule has 0 aliphatic rings. The molecular weight excluding hydrogens is 440 g/mol. The summed E-state index contributed by atoms with van der Waals surface area (Å²) in [6.45, 7) is 7.68. The first-order valence-electron chi connectivity index (χ1n) is 10.6. The molecule has 2 heterocycles. The maximum absolute atomic E-state index is 11.7. The molecule has 7 heteroatoms. The summed E-state index contributed by atoms with van der Waals surface area (Å²) < 4.78 is 2.24. The fourth-order valence-electron chi connectivity index (χ4n) is 4.05. The van der Waals surface area contributed by atoms with E-state index in [0.29, 0.717) is 12.1 Å². The molecule has 0 unspecified atom stereocenters. The Morgan fingerprint density at radius 1 is 1.12 bits per heavy atom. The van der Waals surface area contributed by atoms with E-state index < -0.39 is 0 Å². The number of nitrogens with one attached hydrogen (secondary N) is 1. The van der Waals surface area contributed by atoms with Crippen molar-refractivity contribution in [2.75, 3.05) is 11.9 Å². The van der Waals surface area contributed by atoms with E-state index in [9.17, 15) is 4.79 Å². The van der Waals surface area contributed by atoms with Crippen molar-refractivity contribution in [1.29, 1.82) is 0 Å². The minimum Gasteiger partial charge on any atom is -0.368 e. The van der Waals surface area contributed by atoms with Gasteiger partial charge < -0.3 is 9.88 Å². The molecule has 0 fully saturated rings. The standard InChI is InChI=1S/C25H25ClN4OS/c1-4-17-12-18(6-7-19(17)25(31)32)22-13-23(29-14-28-22)27-9-10-30-16(3)11-20-15(2)5-8-21(26)24(20)30/h5-8,11-14H,4,9-10H2,1-3H3,(H,31,32)(H,27,28,29). The lowest BCUT2D eigenvalue weighted by Crippen LogP contribution is -2.12. The number of carbonyl (C=O) groups is 1. The van der Waals surface area contributed by atoms with Gasteiger partial charge in [-0.05, 0) is 55.7 Å². The lowest BCUT2D eigenvalue weighted by atomic mass is 10.0. The van der Waals surface area contributed by atoms with Crippen LogP contribution in [0.1, 0.15) is 34.1 Å². The maximum atomic E-state index is 11.7. The SMILES string of the molecule is CCc1cc(-c2cc(NCCn3c(C)cc4c(C)ccc(Cl)c43)ncn2)ccc1C(=O)S. The summed E-state index contributed by atoms with van der Waals surface area (Å²) in [5.41, 5.74) is 6.80. The third-order valence-corrected chi connectivity index (χ3v) is 6.30. The van der Waals surface area contributed by atoms with Gasteiger partial charge in [-0.2, -0.15) is 0 Å². The molecule has 0 atom stereocenters. The smallest absolute Gasteiger partial charge is 0.216 e. The number of hydrogen-bond acceptors (Lipinski definition) is 4. The predicted octanol–water partition coefficient (Wildman–Crippen LogP) is 6.11. The third kappa shape index (κ3) is 4.38. The first kappa shape index (κ1) is 22.4. The Morgan fingerprint density at radius 3 is 2.69 bits per heavy atom. The number of aryl methyl sites for hydroxylation is 3. The average molecular weight is 465 g/mol. The highest BCUT2D eigenvalue weighted by Gasteiger charge is 2.12. The van der Waals surface area contributed by atoms with Crippen LogP contribution in [0.2, 0.25) is 5.02 Å². The Bertz CT molecular complexity index is 1320. The quantitative estimate of drug-likeness (QED) is 0.324. The van der Waals surface area contributed by atoms with Crippen LogP contribution in [-0.4, -0.2) is 26.2 Å². The first-order valence-corrected chi connectivity index (χ1v) is 11.4. The minimum atomic E-state index is -0.221. The second-order valence-electron chi connectivity index (χ2n) is 7.81. The number of carbonyl (C=O) groups excluding carboxylic acids is 1. The van der Waals surface area contributed by atoms with Crippen LogP contribution >= 0.6 is 24.2 Å². The number of rotatable bonds is 7. The number of nitrogens with zero attached hydrogens (tertiary/aromatic N) is 3. The molecule has 0 amide bonds. The van der Waals surface area contributed by atoms with Gasteiger partial charge in [0.15, 0.2) is 0 Å². The molecule has 0 bridgehead atoms. The van der Waals surface area contributed by atoms with E-state index in [4.69, 9.17) is 11.6 Å². The van der Waals surface area contributed by atoms with Crippen molar-refractivity contribution in [1.82, 2.24) is 14.5 Å². The van der Waals surface area contributed by atoms with Crippen LogP contribution in [-0.2, 0) is 13.0 Å². The van der Waals surface area contributed by atoms with Crippen LogP contribution in [0.4, 0.5) is 5.82 Å². The largest absolute Gasteiger partial charge is 0.368 e. The summed E-state index contributed by atoms with van der Waals surface area (Å²) in [6, 6.07) is 13.8. The fraction of sp³-hybridized carbons (Fsp3) is 0.240. The predicted molar refractivity (Wildman–Crippen MR) is 135 cm³/mol. The van der Waals surface area contributed by atoms with Gasteiger partial charge in [-0.3, -0.25) is 4.79 Å². The van der Waals surface area contributed by atoms with Gasteiger partial charge in [0.05, 0.1) is 16.2 Å². The van der Waals surface area contributed by atoms with Crippen LogP contribution in [0, 0.1) is 13.8 Å². The molecule has 4 aromatic rings. The van der Waals surface area contributed by atoms with Gasteiger partial charge in [-0.15, -0.1) is 12.6 Å². The van der Waals surface area contributed by atoms with Crippen LogP contribution in [0.5, 0.6) is 0 Å². The molecule has 1 N–H and O–H groups in total. The molecule has 32 heavy (non-hydrogen) atoms. The van der Waals surface area contributed by atoms with E-state index >= 15 is 0 Å². The van der Waals surface area contributed by atoms with Gasteiger partial charge in [0.25, 0.3) is 0 Å². The van der Waals surface area contributed by atoms with Gasteiger partial charge in [0.1, 0.15) is 12.1 Å². The molecule has 0 aliphatic heterocycles. The topological polar surface area (TPSA) is 59.8 Å². The highest BCUT2D eigenvalue weighted by molar-refractivity contribution is 7.97. The first-order chi connectivity index (χ1) is 15.4. The molecule has 0 saturated heterocycles. The Morgan fingerprint density at radius 2 is 1.94 bits per heavy atom. The summed E-state index contributed by atoms with van der Waals surface area (Å²) in [5.74, 6) is 0.749. The third-order valence-electron chi connectivity index (χ3n) is 5.76. The van der Waals surface area contributed by atoms with Crippen LogP contribution < -0.4 is 5.32 Å². The number of fused-ring (bicyclic) bond motifs is 1. The number of halogens is 1. The molecular formula is C25H25ClN4OS. The van der Waals surface area contributed by atoms with E-state index in [2.05, 4.69) is 58.5 Å². The van der Waals surface area contributed by atoms with Crippen molar-refractivity contribution in [2.45, 2.75) is 33.7 Å². The van der Waals surface area contributed by atoms with E-state index in [1.807, 2.05) is 37.3 Å². The van der Waals surface area contributed by atoms with Gasteiger partial charge in [-0.1, -0.05) is 30.7 Å². The van der Waals surface area contributed by atoms with Gasteiger partial charge in [0.2, 0.25) is 5.12 Å². The average Bonchev–Trinajstić information content (AvgIpc) is 3.13.